The summed E-state index contributed by atoms with van der Waals surface area (Å²) in [5, 5.41) is 11.0. The smallest absolute Gasteiger partial charge is 0.350 e. The molecule has 7 heteroatoms. The lowest BCUT2D eigenvalue weighted by atomic mass is 10.1. The van der Waals surface area contributed by atoms with Crippen LogP contribution >= 0.6 is 11.3 Å². The van der Waals surface area contributed by atoms with Crippen LogP contribution in [0, 0.1) is 10.1 Å². The Morgan fingerprint density at radius 1 is 1.45 bits per heavy atom. The highest BCUT2D eigenvalue weighted by atomic mass is 32.1. The Morgan fingerprint density at radius 2 is 2.15 bits per heavy atom. The SMILES string of the molecule is CCOC(=O)c1sc(-c2ccccc2[N+](=O)[O-])cc1N. The molecular formula is C13H12N2O4S. The van der Waals surface area contributed by atoms with Crippen LogP contribution in [0.4, 0.5) is 11.4 Å². The molecule has 0 saturated carbocycles. The number of nitro benzene ring substituents is 1. The number of ether oxygens (including phenoxy) is 1. The number of hydrogen-bond acceptors (Lipinski definition) is 6. The summed E-state index contributed by atoms with van der Waals surface area (Å²) in [7, 11) is 0. The Hall–Kier alpha value is -2.41. The minimum Gasteiger partial charge on any atom is -0.462 e. The molecular weight excluding hydrogens is 280 g/mol. The van der Waals surface area contributed by atoms with E-state index in [9.17, 15) is 14.9 Å². The zero-order chi connectivity index (χ0) is 14.7. The number of anilines is 1. The zero-order valence-electron chi connectivity index (χ0n) is 10.7. The number of nitrogens with two attached hydrogens (primary N) is 1. The normalized spacial score (nSPS) is 10.2. The number of benzene rings is 1. The lowest BCUT2D eigenvalue weighted by molar-refractivity contribution is -0.384. The Morgan fingerprint density at radius 3 is 2.80 bits per heavy atom. The number of nitro groups is 1. The highest BCUT2D eigenvalue weighted by Gasteiger charge is 2.20. The van der Waals surface area contributed by atoms with Gasteiger partial charge in [0.05, 0.1) is 22.8 Å². The molecule has 0 unspecified atom stereocenters. The van der Waals surface area contributed by atoms with E-state index in [1.54, 1.807) is 31.2 Å². The van der Waals surface area contributed by atoms with Crippen LogP contribution in [-0.4, -0.2) is 17.5 Å². The van der Waals surface area contributed by atoms with Gasteiger partial charge in [-0.2, -0.15) is 0 Å². The molecule has 0 radical (unpaired) electrons. The molecule has 6 nitrogen and oxygen atoms in total. The molecule has 0 atom stereocenters. The van der Waals surface area contributed by atoms with Crippen molar-refractivity contribution in [2.24, 2.45) is 0 Å². The third-order valence-corrected chi connectivity index (χ3v) is 3.75. The standard InChI is InChI=1S/C13H12N2O4S/c1-2-19-13(16)12-9(14)7-11(20-12)8-5-3-4-6-10(8)15(17)18/h3-7H,2,14H2,1H3. The Bertz CT molecular complexity index is 666. The molecule has 2 N–H and O–H groups in total. The molecule has 0 aliphatic heterocycles. The number of rotatable bonds is 4. The highest BCUT2D eigenvalue weighted by Crippen LogP contribution is 2.38. The Kier molecular flexibility index (Phi) is 3.99. The molecule has 0 aliphatic rings. The van der Waals surface area contributed by atoms with Gasteiger partial charge >= 0.3 is 5.97 Å². The van der Waals surface area contributed by atoms with Gasteiger partial charge in [0, 0.05) is 10.9 Å². The number of nitrogens with zero attached hydrogens (tertiary/aromatic N) is 1. The second kappa shape index (κ2) is 5.70. The van der Waals surface area contributed by atoms with Crippen molar-refractivity contribution in [3.05, 3.63) is 45.3 Å². The van der Waals surface area contributed by atoms with E-state index in [-0.39, 0.29) is 22.9 Å². The molecule has 104 valence electrons. The summed E-state index contributed by atoms with van der Waals surface area (Å²) in [6.07, 6.45) is 0. The van der Waals surface area contributed by atoms with Crippen molar-refractivity contribution in [1.29, 1.82) is 0 Å². The maximum atomic E-state index is 11.7. The summed E-state index contributed by atoms with van der Waals surface area (Å²) in [6.45, 7) is 1.95. The van der Waals surface area contributed by atoms with Gasteiger partial charge in [-0.25, -0.2) is 4.79 Å². The first kappa shape index (κ1) is 14.0. The van der Waals surface area contributed by atoms with Gasteiger partial charge in [-0.1, -0.05) is 12.1 Å². The quantitative estimate of drug-likeness (QED) is 0.530. The fraction of sp³-hybridized carbons (Fsp3) is 0.154. The van der Waals surface area contributed by atoms with Crippen LogP contribution in [-0.2, 0) is 4.74 Å². The van der Waals surface area contributed by atoms with Crippen molar-refractivity contribution in [2.75, 3.05) is 12.3 Å². The molecule has 2 aromatic rings. The van der Waals surface area contributed by atoms with E-state index in [0.29, 0.717) is 10.4 Å². The van der Waals surface area contributed by atoms with E-state index < -0.39 is 10.9 Å². The maximum Gasteiger partial charge on any atom is 0.350 e. The monoisotopic (exact) mass is 292 g/mol. The van der Waals surface area contributed by atoms with Gasteiger partial charge in [0.2, 0.25) is 0 Å². The van der Waals surface area contributed by atoms with Crippen LogP contribution in [0.15, 0.2) is 30.3 Å². The highest BCUT2D eigenvalue weighted by molar-refractivity contribution is 7.18. The summed E-state index contributed by atoms with van der Waals surface area (Å²) >= 11 is 1.09. The number of thiophene rings is 1. The molecule has 0 spiro atoms. The minimum absolute atomic E-state index is 0.0239. The van der Waals surface area contributed by atoms with Gasteiger partial charge in [-0.05, 0) is 19.1 Å². The summed E-state index contributed by atoms with van der Waals surface area (Å²) in [6, 6.07) is 7.88. The average molecular weight is 292 g/mol. The minimum atomic E-state index is -0.514. The van der Waals surface area contributed by atoms with Crippen LogP contribution in [0.5, 0.6) is 0 Å². The summed E-state index contributed by atoms with van der Waals surface area (Å²) in [5.41, 5.74) is 6.45. The van der Waals surface area contributed by atoms with Crippen LogP contribution in [0.3, 0.4) is 0 Å². The van der Waals surface area contributed by atoms with Crippen molar-refractivity contribution < 1.29 is 14.5 Å². The van der Waals surface area contributed by atoms with Crippen molar-refractivity contribution >= 4 is 28.7 Å². The third kappa shape index (κ3) is 2.62. The molecule has 20 heavy (non-hydrogen) atoms. The van der Waals surface area contributed by atoms with Crippen molar-refractivity contribution in [3.63, 3.8) is 0 Å². The topological polar surface area (TPSA) is 95.5 Å². The predicted molar refractivity (Wildman–Crippen MR) is 76.8 cm³/mol. The molecule has 1 aromatic carbocycles. The maximum absolute atomic E-state index is 11.7. The van der Waals surface area contributed by atoms with Crippen molar-refractivity contribution in [2.45, 2.75) is 6.92 Å². The van der Waals surface area contributed by atoms with Gasteiger partial charge in [-0.15, -0.1) is 11.3 Å². The first-order valence-corrected chi connectivity index (χ1v) is 6.66. The van der Waals surface area contributed by atoms with E-state index in [4.69, 9.17) is 10.5 Å². The number of para-hydroxylation sites is 1. The predicted octanol–water partition coefficient (Wildman–Crippen LogP) is 3.08. The average Bonchev–Trinajstić information content (AvgIpc) is 2.81. The lowest BCUT2D eigenvalue weighted by Crippen LogP contribution is -2.04. The molecule has 0 saturated heterocycles. The van der Waals surface area contributed by atoms with E-state index in [2.05, 4.69) is 0 Å². The number of carbonyl (C=O) groups excluding carboxylic acids is 1. The molecule has 1 aromatic heterocycles. The van der Waals surface area contributed by atoms with Crippen LogP contribution < -0.4 is 5.73 Å². The van der Waals surface area contributed by atoms with Crippen molar-refractivity contribution in [1.82, 2.24) is 0 Å². The molecule has 2 rings (SSSR count). The van der Waals surface area contributed by atoms with Gasteiger partial charge in [-0.3, -0.25) is 10.1 Å². The Labute approximate surface area is 118 Å². The van der Waals surface area contributed by atoms with Gasteiger partial charge in [0.25, 0.3) is 5.69 Å². The second-order valence-electron chi connectivity index (χ2n) is 3.89. The van der Waals surface area contributed by atoms with E-state index in [1.165, 1.54) is 6.07 Å². The van der Waals surface area contributed by atoms with Crippen molar-refractivity contribution in [3.8, 4) is 10.4 Å². The summed E-state index contributed by atoms with van der Waals surface area (Å²) in [5.74, 6) is -0.514. The lowest BCUT2D eigenvalue weighted by Gasteiger charge is -1.99. The molecule has 0 amide bonds. The van der Waals surface area contributed by atoms with Gasteiger partial charge in [0.1, 0.15) is 4.88 Å². The zero-order valence-corrected chi connectivity index (χ0v) is 11.5. The number of esters is 1. The fourth-order valence-corrected chi connectivity index (χ4v) is 2.74. The summed E-state index contributed by atoms with van der Waals surface area (Å²) < 4.78 is 4.89. The number of hydrogen-bond donors (Lipinski definition) is 1. The fourth-order valence-electron chi connectivity index (χ4n) is 1.74. The third-order valence-electron chi connectivity index (χ3n) is 2.59. The molecule has 0 fully saturated rings. The van der Waals surface area contributed by atoms with E-state index >= 15 is 0 Å². The summed E-state index contributed by atoms with van der Waals surface area (Å²) in [4.78, 5) is 23.1. The van der Waals surface area contributed by atoms with Crippen LogP contribution in [0.25, 0.3) is 10.4 Å². The first-order chi connectivity index (χ1) is 9.54. The molecule has 0 aliphatic carbocycles. The van der Waals surface area contributed by atoms with Crippen LogP contribution in [0.1, 0.15) is 16.6 Å². The largest absolute Gasteiger partial charge is 0.462 e. The number of nitrogen functional groups attached to an aromatic ring is 1. The van der Waals surface area contributed by atoms with Crippen LogP contribution in [0.2, 0.25) is 0 Å². The number of carbonyl (C=O) groups is 1. The van der Waals surface area contributed by atoms with Gasteiger partial charge in [0.15, 0.2) is 0 Å². The van der Waals surface area contributed by atoms with Gasteiger partial charge < -0.3 is 10.5 Å². The first-order valence-electron chi connectivity index (χ1n) is 5.84. The molecule has 0 bridgehead atoms. The van der Waals surface area contributed by atoms with E-state index in [1.807, 2.05) is 0 Å². The molecule has 1 heterocycles. The Balaban J connectivity index is 2.48. The van der Waals surface area contributed by atoms with E-state index in [0.717, 1.165) is 11.3 Å². The second-order valence-corrected chi connectivity index (χ2v) is 4.94.